The standard InChI is InChI=1S/C11H12N4O4/c1-6(18-11(12)16)10-14-9(15-19-10)7-3-4-13-8(5-7)17-2/h3-6H,1-2H3,(H2,12,16). The van der Waals surface area contributed by atoms with Crippen LogP contribution in [0.25, 0.3) is 11.4 Å². The van der Waals surface area contributed by atoms with Gasteiger partial charge in [0.05, 0.1) is 7.11 Å². The van der Waals surface area contributed by atoms with E-state index in [4.69, 9.17) is 19.7 Å². The zero-order chi connectivity index (χ0) is 13.8. The van der Waals surface area contributed by atoms with E-state index in [1.54, 1.807) is 25.3 Å². The van der Waals surface area contributed by atoms with Gasteiger partial charge in [0.1, 0.15) is 0 Å². The van der Waals surface area contributed by atoms with Crippen LogP contribution < -0.4 is 10.5 Å². The van der Waals surface area contributed by atoms with Crippen molar-refractivity contribution in [2.45, 2.75) is 13.0 Å². The summed E-state index contributed by atoms with van der Waals surface area (Å²) in [6.07, 6.45) is -0.0478. The van der Waals surface area contributed by atoms with Gasteiger partial charge in [0.15, 0.2) is 6.10 Å². The molecule has 2 N–H and O–H groups in total. The third kappa shape index (κ3) is 2.97. The molecule has 1 amide bonds. The van der Waals surface area contributed by atoms with E-state index in [-0.39, 0.29) is 5.89 Å². The average molecular weight is 264 g/mol. The Kier molecular flexibility index (Phi) is 3.60. The van der Waals surface area contributed by atoms with Gasteiger partial charge in [-0.3, -0.25) is 0 Å². The van der Waals surface area contributed by atoms with Gasteiger partial charge in [-0.25, -0.2) is 9.78 Å². The molecule has 2 rings (SSSR count). The van der Waals surface area contributed by atoms with E-state index in [1.165, 1.54) is 7.11 Å². The highest BCUT2D eigenvalue weighted by molar-refractivity contribution is 5.64. The van der Waals surface area contributed by atoms with Gasteiger partial charge in [0.2, 0.25) is 11.7 Å². The lowest BCUT2D eigenvalue weighted by Crippen LogP contribution is -2.15. The van der Waals surface area contributed by atoms with Crippen molar-refractivity contribution in [2.75, 3.05) is 7.11 Å². The predicted molar refractivity (Wildman–Crippen MR) is 63.2 cm³/mol. The Hall–Kier alpha value is -2.64. The summed E-state index contributed by atoms with van der Waals surface area (Å²) < 4.78 is 14.7. The first-order valence-electron chi connectivity index (χ1n) is 5.40. The molecular formula is C11H12N4O4. The molecule has 0 radical (unpaired) electrons. The van der Waals surface area contributed by atoms with Crippen LogP contribution in [0, 0.1) is 0 Å². The second kappa shape index (κ2) is 5.34. The van der Waals surface area contributed by atoms with E-state index < -0.39 is 12.2 Å². The van der Waals surface area contributed by atoms with Crippen LogP contribution >= 0.6 is 0 Å². The Labute approximate surface area is 108 Å². The zero-order valence-corrected chi connectivity index (χ0v) is 10.4. The van der Waals surface area contributed by atoms with Crippen LogP contribution in [0.5, 0.6) is 5.88 Å². The molecule has 8 nitrogen and oxygen atoms in total. The SMILES string of the molecule is COc1cc(-c2noc(C(C)OC(N)=O)n2)ccn1. The number of nitrogens with zero attached hydrogens (tertiary/aromatic N) is 3. The highest BCUT2D eigenvalue weighted by Crippen LogP contribution is 2.22. The highest BCUT2D eigenvalue weighted by atomic mass is 16.6. The molecule has 0 saturated carbocycles. The minimum Gasteiger partial charge on any atom is -0.481 e. The van der Waals surface area contributed by atoms with Crippen LogP contribution in [0.1, 0.15) is 18.9 Å². The number of methoxy groups -OCH3 is 1. The molecule has 8 heteroatoms. The molecule has 100 valence electrons. The number of carbonyl (C=O) groups is 1. The van der Waals surface area contributed by atoms with E-state index >= 15 is 0 Å². The van der Waals surface area contributed by atoms with Gasteiger partial charge in [0, 0.05) is 17.8 Å². The summed E-state index contributed by atoms with van der Waals surface area (Å²) in [5.74, 6) is 0.936. The number of carbonyl (C=O) groups excluding carboxylic acids is 1. The number of primary amides is 1. The van der Waals surface area contributed by atoms with Gasteiger partial charge in [-0.2, -0.15) is 4.98 Å². The Balaban J connectivity index is 2.22. The van der Waals surface area contributed by atoms with Crippen LogP contribution in [0.4, 0.5) is 4.79 Å². The second-order valence-electron chi connectivity index (χ2n) is 3.62. The van der Waals surface area contributed by atoms with Crippen LogP contribution in [0.15, 0.2) is 22.9 Å². The maximum absolute atomic E-state index is 10.6. The van der Waals surface area contributed by atoms with Gasteiger partial charge < -0.3 is 19.7 Å². The maximum atomic E-state index is 10.6. The van der Waals surface area contributed by atoms with Gasteiger partial charge >= 0.3 is 6.09 Å². The lowest BCUT2D eigenvalue weighted by molar-refractivity contribution is 0.0959. The second-order valence-corrected chi connectivity index (χ2v) is 3.62. The van der Waals surface area contributed by atoms with E-state index in [2.05, 4.69) is 15.1 Å². The predicted octanol–water partition coefficient (Wildman–Crippen LogP) is 1.30. The minimum absolute atomic E-state index is 0.157. The van der Waals surface area contributed by atoms with E-state index in [0.29, 0.717) is 17.3 Å². The first-order chi connectivity index (χ1) is 9.10. The molecular weight excluding hydrogens is 252 g/mol. The molecule has 0 fully saturated rings. The average Bonchev–Trinajstić information content (AvgIpc) is 2.88. The molecule has 2 heterocycles. The molecule has 1 unspecified atom stereocenters. The molecule has 2 aromatic rings. The minimum atomic E-state index is -0.905. The molecule has 19 heavy (non-hydrogen) atoms. The number of nitrogens with two attached hydrogens (primary N) is 1. The van der Waals surface area contributed by atoms with Crippen molar-refractivity contribution in [2.24, 2.45) is 5.73 Å². The van der Waals surface area contributed by atoms with E-state index in [0.717, 1.165) is 0 Å². The Morgan fingerprint density at radius 1 is 1.53 bits per heavy atom. The number of hydrogen-bond donors (Lipinski definition) is 1. The lowest BCUT2D eigenvalue weighted by Gasteiger charge is -2.04. The summed E-state index contributed by atoms with van der Waals surface area (Å²) in [4.78, 5) is 18.7. The van der Waals surface area contributed by atoms with Crippen molar-refractivity contribution in [3.05, 3.63) is 24.2 Å². The molecule has 0 saturated heterocycles. The van der Waals surface area contributed by atoms with Crippen molar-refractivity contribution in [3.63, 3.8) is 0 Å². The molecule has 0 aliphatic carbocycles. The van der Waals surface area contributed by atoms with Gasteiger partial charge in [-0.15, -0.1) is 0 Å². The molecule has 0 aliphatic heterocycles. The summed E-state index contributed by atoms with van der Waals surface area (Å²) in [7, 11) is 1.51. The molecule has 0 bridgehead atoms. The van der Waals surface area contributed by atoms with Gasteiger partial charge in [0.25, 0.3) is 5.89 Å². The Morgan fingerprint density at radius 2 is 2.32 bits per heavy atom. The van der Waals surface area contributed by atoms with Crippen molar-refractivity contribution in [1.82, 2.24) is 15.1 Å². The maximum Gasteiger partial charge on any atom is 0.405 e. The summed E-state index contributed by atoms with van der Waals surface area (Å²) in [5, 5.41) is 3.79. The number of ether oxygens (including phenoxy) is 2. The quantitative estimate of drug-likeness (QED) is 0.884. The van der Waals surface area contributed by atoms with Crippen molar-refractivity contribution < 1.29 is 18.8 Å². The highest BCUT2D eigenvalue weighted by Gasteiger charge is 2.18. The molecule has 0 aromatic carbocycles. The van der Waals surface area contributed by atoms with E-state index in [9.17, 15) is 4.79 Å². The number of amides is 1. The summed E-state index contributed by atoms with van der Waals surface area (Å²) in [6, 6.07) is 3.37. The largest absolute Gasteiger partial charge is 0.481 e. The summed E-state index contributed by atoms with van der Waals surface area (Å²) in [6.45, 7) is 1.58. The third-order valence-electron chi connectivity index (χ3n) is 2.28. The Bertz CT molecular complexity index is 584. The van der Waals surface area contributed by atoms with Crippen LogP contribution in [-0.2, 0) is 4.74 Å². The first-order valence-corrected chi connectivity index (χ1v) is 5.40. The molecule has 2 aromatic heterocycles. The van der Waals surface area contributed by atoms with Gasteiger partial charge in [-0.1, -0.05) is 5.16 Å². The van der Waals surface area contributed by atoms with Crippen molar-refractivity contribution >= 4 is 6.09 Å². The number of rotatable bonds is 4. The zero-order valence-electron chi connectivity index (χ0n) is 10.4. The number of aromatic nitrogens is 3. The third-order valence-corrected chi connectivity index (χ3v) is 2.28. The smallest absolute Gasteiger partial charge is 0.405 e. The topological polar surface area (TPSA) is 113 Å². The Morgan fingerprint density at radius 3 is 3.00 bits per heavy atom. The normalized spacial score (nSPS) is 11.9. The van der Waals surface area contributed by atoms with Crippen LogP contribution in [0.3, 0.4) is 0 Å². The van der Waals surface area contributed by atoms with Crippen molar-refractivity contribution in [3.8, 4) is 17.3 Å². The molecule has 0 spiro atoms. The fraction of sp³-hybridized carbons (Fsp3) is 0.273. The summed E-state index contributed by atoms with van der Waals surface area (Å²) >= 11 is 0. The summed E-state index contributed by atoms with van der Waals surface area (Å²) in [5.41, 5.74) is 5.58. The number of hydrogen-bond acceptors (Lipinski definition) is 7. The number of pyridine rings is 1. The van der Waals surface area contributed by atoms with Crippen LogP contribution in [0.2, 0.25) is 0 Å². The first kappa shape index (κ1) is 12.8. The van der Waals surface area contributed by atoms with Gasteiger partial charge in [-0.05, 0) is 13.0 Å². The monoisotopic (exact) mass is 264 g/mol. The fourth-order valence-corrected chi connectivity index (χ4v) is 1.40. The van der Waals surface area contributed by atoms with Crippen LogP contribution in [-0.4, -0.2) is 28.3 Å². The van der Waals surface area contributed by atoms with E-state index in [1.807, 2.05) is 0 Å². The molecule has 0 aliphatic rings. The lowest BCUT2D eigenvalue weighted by atomic mass is 10.2. The van der Waals surface area contributed by atoms with Crippen molar-refractivity contribution in [1.29, 1.82) is 0 Å². The fourth-order valence-electron chi connectivity index (χ4n) is 1.40. The molecule has 1 atom stereocenters.